The Hall–Kier alpha value is -5.13. The van der Waals surface area contributed by atoms with Gasteiger partial charge in [-0.05, 0) is 75.2 Å². The van der Waals surface area contributed by atoms with Gasteiger partial charge in [-0.25, -0.2) is 9.78 Å². The molecule has 2 fully saturated rings. The first-order valence-corrected chi connectivity index (χ1v) is 16.5. The number of nitrogens with two attached hydrogens (primary N) is 1. The number of alkyl halides is 3. The third-order valence-corrected chi connectivity index (χ3v) is 9.37. The number of hydrogen-bond acceptors (Lipinski definition) is 8. The number of carbonyl (C=O) groups excluding carboxylic acids is 1. The van der Waals surface area contributed by atoms with E-state index in [1.54, 1.807) is 52.1 Å². The molecule has 1 atom stereocenters. The Morgan fingerprint density at radius 3 is 2.36 bits per heavy atom. The zero-order valence-corrected chi connectivity index (χ0v) is 27.9. The molecule has 0 unspecified atom stereocenters. The largest absolute Gasteiger partial charge is 0.457 e. The number of carbonyl (C=O) groups is 1. The van der Waals surface area contributed by atoms with Crippen LogP contribution in [0.4, 0.5) is 19.0 Å². The number of nitriles is 1. The number of piperidine rings is 1. The summed E-state index contributed by atoms with van der Waals surface area (Å²) in [7, 11) is 0. The van der Waals surface area contributed by atoms with Crippen molar-refractivity contribution in [1.82, 2.24) is 28.8 Å². The minimum atomic E-state index is -4.27. The first kappa shape index (κ1) is 34.7. The van der Waals surface area contributed by atoms with Crippen molar-refractivity contribution < 1.29 is 22.7 Å². The topological polar surface area (TPSA) is 126 Å². The highest BCUT2D eigenvalue weighted by molar-refractivity contribution is 5.97. The van der Waals surface area contributed by atoms with Crippen LogP contribution >= 0.6 is 0 Å². The number of ether oxygens (including phenoxy) is 1. The molecule has 4 heterocycles. The number of rotatable bonds is 8. The van der Waals surface area contributed by atoms with Crippen LogP contribution in [0.5, 0.6) is 11.5 Å². The zero-order valence-electron chi connectivity index (χ0n) is 27.9. The number of nitrogens with zero attached hydrogens (tertiary/aromatic N) is 7. The number of hydrogen-bond donors (Lipinski definition) is 1. The Morgan fingerprint density at radius 2 is 1.70 bits per heavy atom. The molecule has 0 radical (unpaired) electrons. The summed E-state index contributed by atoms with van der Waals surface area (Å²) in [6, 6.07) is 19.8. The summed E-state index contributed by atoms with van der Waals surface area (Å²) < 4.78 is 47.8. The number of nitrogen functional groups attached to an aromatic ring is 1. The van der Waals surface area contributed by atoms with E-state index in [1.165, 1.54) is 9.47 Å². The molecule has 11 nitrogen and oxygen atoms in total. The summed E-state index contributed by atoms with van der Waals surface area (Å²) in [5.41, 5.74) is 6.81. The first-order chi connectivity index (χ1) is 23.8. The molecular formula is C36H39F3N8O3. The van der Waals surface area contributed by atoms with Crippen molar-refractivity contribution >= 4 is 22.8 Å². The van der Waals surface area contributed by atoms with E-state index < -0.39 is 30.2 Å². The van der Waals surface area contributed by atoms with E-state index >= 15 is 0 Å². The fraction of sp³-hybridized carbons (Fsp3) is 0.389. The second kappa shape index (κ2) is 14.0. The summed E-state index contributed by atoms with van der Waals surface area (Å²) in [5.74, 6) is 1.01. The summed E-state index contributed by atoms with van der Waals surface area (Å²) in [6.45, 7) is 4.54. The molecule has 6 rings (SSSR count). The number of imidazole rings is 1. The third-order valence-electron chi connectivity index (χ3n) is 9.37. The SMILES string of the molecule is CC(C)(/C=C(/C#N)C(=O)N1CCC[C@@H](n2c(=O)n(-c3ccc(Oc4ccccc4)cc3)c3c(N)nccc32)C1)N1CCN(CC(F)(F)F)CC1. The molecule has 50 heavy (non-hydrogen) atoms. The van der Waals surface area contributed by atoms with Crippen LogP contribution in [0.3, 0.4) is 0 Å². The van der Waals surface area contributed by atoms with Crippen LogP contribution in [0.25, 0.3) is 16.7 Å². The average molecular weight is 689 g/mol. The predicted octanol–water partition coefficient (Wildman–Crippen LogP) is 5.13. The van der Waals surface area contributed by atoms with E-state index in [0.717, 1.165) is 0 Å². The molecule has 0 saturated carbocycles. The number of amides is 1. The van der Waals surface area contributed by atoms with Gasteiger partial charge in [-0.2, -0.15) is 18.4 Å². The van der Waals surface area contributed by atoms with Gasteiger partial charge in [0.1, 0.15) is 34.5 Å². The highest BCUT2D eigenvalue weighted by atomic mass is 19.4. The lowest BCUT2D eigenvalue weighted by Crippen LogP contribution is -2.55. The standard InChI is InChI=1S/C36H39F3N8O3/c1-35(2,45-19-17-43(18-20-45)24-36(37,38)39)21-25(22-40)33(48)44-16-6-7-27(23-44)46-30-14-15-42-32(41)31(30)47(34(46)49)26-10-12-29(13-11-26)50-28-8-4-3-5-9-28/h3-5,8-15,21,27H,6-7,16-20,23-24H2,1-2H3,(H2,41,42)/b25-21-/t27-/m1/s1. The van der Waals surface area contributed by atoms with Crippen molar-refractivity contribution in [1.29, 1.82) is 5.26 Å². The van der Waals surface area contributed by atoms with Gasteiger partial charge in [0.2, 0.25) is 0 Å². The van der Waals surface area contributed by atoms with Gasteiger partial charge >= 0.3 is 11.9 Å². The summed E-state index contributed by atoms with van der Waals surface area (Å²) >= 11 is 0. The minimum Gasteiger partial charge on any atom is -0.457 e. The molecule has 4 aromatic rings. The summed E-state index contributed by atoms with van der Waals surface area (Å²) in [4.78, 5) is 37.2. The van der Waals surface area contributed by atoms with Crippen LogP contribution in [-0.4, -0.2) is 92.3 Å². The maximum absolute atomic E-state index is 14.2. The molecule has 2 saturated heterocycles. The number of aromatic nitrogens is 3. The van der Waals surface area contributed by atoms with E-state index in [2.05, 4.69) is 11.1 Å². The lowest BCUT2D eigenvalue weighted by Gasteiger charge is -2.43. The summed E-state index contributed by atoms with van der Waals surface area (Å²) in [6.07, 6.45) is 0.104. The molecule has 0 aliphatic carbocycles. The smallest absolute Gasteiger partial charge is 0.401 e. The lowest BCUT2D eigenvalue weighted by atomic mass is 9.96. The van der Waals surface area contributed by atoms with E-state index in [9.17, 15) is 28.0 Å². The van der Waals surface area contributed by atoms with Crippen LogP contribution in [0.2, 0.25) is 0 Å². The first-order valence-electron chi connectivity index (χ1n) is 16.5. The molecule has 2 aromatic carbocycles. The number of benzene rings is 2. The Labute approximate surface area is 287 Å². The molecule has 0 spiro atoms. The van der Waals surface area contributed by atoms with E-state index in [4.69, 9.17) is 10.5 Å². The number of para-hydroxylation sites is 1. The minimum absolute atomic E-state index is 0.0468. The van der Waals surface area contributed by atoms with Crippen molar-refractivity contribution in [3.8, 4) is 23.3 Å². The molecular weight excluding hydrogens is 649 g/mol. The van der Waals surface area contributed by atoms with Crippen LogP contribution in [0.1, 0.15) is 32.7 Å². The quantitative estimate of drug-likeness (QED) is 0.200. The van der Waals surface area contributed by atoms with Crippen molar-refractivity contribution in [3.05, 3.63) is 89.0 Å². The van der Waals surface area contributed by atoms with Gasteiger partial charge in [-0.15, -0.1) is 0 Å². The molecule has 1 amide bonds. The summed E-state index contributed by atoms with van der Waals surface area (Å²) in [5, 5.41) is 10.1. The maximum Gasteiger partial charge on any atom is 0.401 e. The molecule has 14 heteroatoms. The van der Waals surface area contributed by atoms with E-state index in [0.29, 0.717) is 60.7 Å². The molecule has 2 aliphatic heterocycles. The van der Waals surface area contributed by atoms with Crippen LogP contribution in [0, 0.1) is 11.3 Å². The monoisotopic (exact) mass is 688 g/mol. The third kappa shape index (κ3) is 7.39. The van der Waals surface area contributed by atoms with Gasteiger partial charge in [0.15, 0.2) is 0 Å². The predicted molar refractivity (Wildman–Crippen MR) is 183 cm³/mol. The Kier molecular flexibility index (Phi) is 9.73. The second-order valence-corrected chi connectivity index (χ2v) is 13.2. The zero-order chi connectivity index (χ0) is 35.6. The van der Waals surface area contributed by atoms with Crippen molar-refractivity contribution in [2.45, 2.75) is 44.4 Å². The van der Waals surface area contributed by atoms with Gasteiger partial charge in [-0.3, -0.25) is 23.7 Å². The molecule has 2 aliphatic rings. The number of anilines is 1. The second-order valence-electron chi connectivity index (χ2n) is 13.2. The van der Waals surface area contributed by atoms with Gasteiger partial charge < -0.3 is 15.4 Å². The van der Waals surface area contributed by atoms with Crippen molar-refractivity contribution in [2.75, 3.05) is 51.5 Å². The lowest BCUT2D eigenvalue weighted by molar-refractivity contribution is -0.150. The number of likely N-dealkylation sites (tertiary alicyclic amines) is 1. The number of piperazine rings is 1. The van der Waals surface area contributed by atoms with Crippen LogP contribution in [-0.2, 0) is 4.79 Å². The van der Waals surface area contributed by atoms with Crippen LogP contribution < -0.4 is 16.2 Å². The van der Waals surface area contributed by atoms with Crippen LogP contribution in [0.15, 0.2) is 83.3 Å². The molecule has 0 bridgehead atoms. The Morgan fingerprint density at radius 1 is 1.02 bits per heavy atom. The van der Waals surface area contributed by atoms with Gasteiger partial charge in [0, 0.05) is 51.0 Å². The van der Waals surface area contributed by atoms with Gasteiger partial charge in [0.25, 0.3) is 5.91 Å². The Balaban J connectivity index is 1.23. The number of fused-ring (bicyclic) bond motifs is 1. The fourth-order valence-corrected chi connectivity index (χ4v) is 6.91. The average Bonchev–Trinajstić information content (AvgIpc) is 3.40. The van der Waals surface area contributed by atoms with Crippen molar-refractivity contribution in [3.63, 3.8) is 0 Å². The maximum atomic E-state index is 14.2. The fourth-order valence-electron chi connectivity index (χ4n) is 6.91. The normalized spacial score (nSPS) is 18.3. The van der Waals surface area contributed by atoms with Crippen molar-refractivity contribution in [2.24, 2.45) is 0 Å². The molecule has 262 valence electrons. The highest BCUT2D eigenvalue weighted by Gasteiger charge is 2.36. The molecule has 2 N–H and O–H groups in total. The Bertz CT molecular complexity index is 1970. The molecule has 2 aromatic heterocycles. The number of halogens is 3. The van der Waals surface area contributed by atoms with E-state index in [-0.39, 0.29) is 36.7 Å². The van der Waals surface area contributed by atoms with Gasteiger partial charge in [-0.1, -0.05) is 18.2 Å². The highest BCUT2D eigenvalue weighted by Crippen LogP contribution is 2.31. The van der Waals surface area contributed by atoms with Gasteiger partial charge in [0.05, 0.1) is 23.8 Å². The van der Waals surface area contributed by atoms with E-state index in [1.807, 2.05) is 49.1 Å². The number of pyridine rings is 1.